The van der Waals surface area contributed by atoms with Gasteiger partial charge in [0.1, 0.15) is 0 Å². The zero-order chi connectivity index (χ0) is 15.4. The van der Waals surface area contributed by atoms with Gasteiger partial charge in [-0.1, -0.05) is 20.8 Å². The molecule has 0 aliphatic heterocycles. The summed E-state index contributed by atoms with van der Waals surface area (Å²) in [5.74, 6) is 2.45. The summed E-state index contributed by atoms with van der Waals surface area (Å²) in [5.41, 5.74) is 2.54. The van der Waals surface area contributed by atoms with Crippen molar-refractivity contribution in [2.75, 3.05) is 6.54 Å². The molecule has 0 bridgehead atoms. The van der Waals surface area contributed by atoms with Crippen molar-refractivity contribution in [3.05, 3.63) is 17.5 Å². The maximum absolute atomic E-state index is 4.67. The van der Waals surface area contributed by atoms with Gasteiger partial charge in [0.05, 0.1) is 17.4 Å². The standard InChI is InChI=1S/C18H33N3/c1-6-8-19-18(16-10-13(3)9-14(4)11-16)17-12-15(5)20-21(17)7-2/h12-14,16,18-19H,6-11H2,1-5H3. The van der Waals surface area contributed by atoms with Crippen molar-refractivity contribution in [3.8, 4) is 0 Å². The van der Waals surface area contributed by atoms with E-state index in [1.807, 2.05) is 0 Å². The maximum Gasteiger partial charge on any atom is 0.0597 e. The van der Waals surface area contributed by atoms with Crippen molar-refractivity contribution in [3.63, 3.8) is 0 Å². The molecule has 1 aromatic heterocycles. The smallest absolute Gasteiger partial charge is 0.0597 e. The molecule has 0 aromatic carbocycles. The second-order valence-corrected chi connectivity index (χ2v) is 7.14. The molecule has 2 rings (SSSR count). The lowest BCUT2D eigenvalue weighted by Gasteiger charge is -2.37. The summed E-state index contributed by atoms with van der Waals surface area (Å²) in [6.07, 6.45) is 5.27. The van der Waals surface area contributed by atoms with Crippen LogP contribution in [0.5, 0.6) is 0 Å². The fraction of sp³-hybridized carbons (Fsp3) is 0.833. The molecule has 0 spiro atoms. The molecule has 3 heteroatoms. The summed E-state index contributed by atoms with van der Waals surface area (Å²) < 4.78 is 2.20. The quantitative estimate of drug-likeness (QED) is 0.845. The fourth-order valence-electron chi connectivity index (χ4n) is 4.16. The third-order valence-corrected chi connectivity index (χ3v) is 4.85. The van der Waals surface area contributed by atoms with Gasteiger partial charge in [0.2, 0.25) is 0 Å². The number of hydrogen-bond donors (Lipinski definition) is 1. The summed E-state index contributed by atoms with van der Waals surface area (Å²) in [7, 11) is 0. The normalized spacial score (nSPS) is 27.8. The van der Waals surface area contributed by atoms with Gasteiger partial charge in [0, 0.05) is 6.54 Å². The molecule has 1 fully saturated rings. The van der Waals surface area contributed by atoms with Crippen LogP contribution in [0.1, 0.15) is 70.8 Å². The molecule has 3 nitrogen and oxygen atoms in total. The molecule has 1 heterocycles. The molecule has 1 saturated carbocycles. The highest BCUT2D eigenvalue weighted by molar-refractivity contribution is 5.15. The molecule has 3 unspecified atom stereocenters. The van der Waals surface area contributed by atoms with E-state index in [0.29, 0.717) is 6.04 Å². The van der Waals surface area contributed by atoms with Crippen LogP contribution in [0.15, 0.2) is 6.07 Å². The number of rotatable bonds is 6. The van der Waals surface area contributed by atoms with E-state index >= 15 is 0 Å². The van der Waals surface area contributed by atoms with E-state index in [9.17, 15) is 0 Å². The van der Waals surface area contributed by atoms with Gasteiger partial charge in [0.25, 0.3) is 0 Å². The molecule has 0 radical (unpaired) electrons. The highest BCUT2D eigenvalue weighted by Gasteiger charge is 2.32. The molecule has 21 heavy (non-hydrogen) atoms. The SMILES string of the molecule is CCCNC(c1cc(C)nn1CC)C1CC(C)CC(C)C1. The second-order valence-electron chi connectivity index (χ2n) is 7.14. The van der Waals surface area contributed by atoms with Crippen LogP contribution in [0.3, 0.4) is 0 Å². The van der Waals surface area contributed by atoms with Gasteiger partial charge in [-0.05, 0) is 69.9 Å². The first kappa shape index (κ1) is 16.5. The molecule has 1 aromatic rings. The maximum atomic E-state index is 4.67. The van der Waals surface area contributed by atoms with E-state index < -0.39 is 0 Å². The van der Waals surface area contributed by atoms with Crippen LogP contribution in [0.4, 0.5) is 0 Å². The molecule has 1 N–H and O–H groups in total. The lowest BCUT2D eigenvalue weighted by Crippen LogP contribution is -2.35. The lowest BCUT2D eigenvalue weighted by molar-refractivity contribution is 0.172. The van der Waals surface area contributed by atoms with Crippen molar-refractivity contribution in [2.45, 2.75) is 72.9 Å². The van der Waals surface area contributed by atoms with E-state index in [-0.39, 0.29) is 0 Å². The van der Waals surface area contributed by atoms with Crippen LogP contribution in [0, 0.1) is 24.7 Å². The molecule has 0 amide bonds. The lowest BCUT2D eigenvalue weighted by atomic mass is 9.73. The molecule has 120 valence electrons. The van der Waals surface area contributed by atoms with Gasteiger partial charge in [-0.25, -0.2) is 0 Å². The number of hydrogen-bond acceptors (Lipinski definition) is 2. The van der Waals surface area contributed by atoms with Crippen molar-refractivity contribution in [2.24, 2.45) is 17.8 Å². The predicted molar refractivity (Wildman–Crippen MR) is 89.3 cm³/mol. The highest BCUT2D eigenvalue weighted by Crippen LogP contribution is 2.40. The Morgan fingerprint density at radius 2 is 1.90 bits per heavy atom. The summed E-state index contributed by atoms with van der Waals surface area (Å²) >= 11 is 0. The Morgan fingerprint density at radius 1 is 1.24 bits per heavy atom. The van der Waals surface area contributed by atoms with E-state index in [4.69, 9.17) is 0 Å². The Bertz CT molecular complexity index is 428. The van der Waals surface area contributed by atoms with Crippen LogP contribution in [0.2, 0.25) is 0 Å². The largest absolute Gasteiger partial charge is 0.308 e. The summed E-state index contributed by atoms with van der Waals surface area (Å²) in [6, 6.07) is 2.76. The van der Waals surface area contributed by atoms with E-state index in [1.165, 1.54) is 31.4 Å². The average Bonchev–Trinajstić information content (AvgIpc) is 2.79. The third kappa shape index (κ3) is 4.09. The Kier molecular flexibility index (Phi) is 5.86. The van der Waals surface area contributed by atoms with Gasteiger partial charge >= 0.3 is 0 Å². The van der Waals surface area contributed by atoms with Gasteiger partial charge in [-0.2, -0.15) is 5.10 Å². The monoisotopic (exact) mass is 291 g/mol. The van der Waals surface area contributed by atoms with E-state index in [2.05, 4.69) is 55.8 Å². The van der Waals surface area contributed by atoms with Crippen molar-refractivity contribution >= 4 is 0 Å². The van der Waals surface area contributed by atoms with Gasteiger partial charge < -0.3 is 5.32 Å². The second kappa shape index (κ2) is 7.44. The van der Waals surface area contributed by atoms with Crippen molar-refractivity contribution in [1.82, 2.24) is 15.1 Å². The highest BCUT2D eigenvalue weighted by atomic mass is 15.3. The Morgan fingerprint density at radius 3 is 2.48 bits per heavy atom. The minimum Gasteiger partial charge on any atom is -0.308 e. The summed E-state index contributed by atoms with van der Waals surface area (Å²) in [6.45, 7) is 13.4. The Hall–Kier alpha value is -0.830. The zero-order valence-corrected chi connectivity index (χ0v) is 14.5. The predicted octanol–water partition coefficient (Wildman–Crippen LogP) is 4.32. The zero-order valence-electron chi connectivity index (χ0n) is 14.5. The first-order valence-electron chi connectivity index (χ1n) is 8.82. The Labute approximate surface area is 130 Å². The number of aromatic nitrogens is 2. The van der Waals surface area contributed by atoms with Gasteiger partial charge in [-0.3, -0.25) is 4.68 Å². The molecule has 1 aliphatic carbocycles. The topological polar surface area (TPSA) is 29.9 Å². The minimum atomic E-state index is 0.469. The molecule has 0 saturated heterocycles. The first-order valence-corrected chi connectivity index (χ1v) is 8.82. The van der Waals surface area contributed by atoms with Gasteiger partial charge in [0.15, 0.2) is 0 Å². The van der Waals surface area contributed by atoms with Crippen LogP contribution < -0.4 is 5.32 Å². The Balaban J connectivity index is 2.24. The van der Waals surface area contributed by atoms with Crippen LogP contribution in [-0.2, 0) is 6.54 Å². The average molecular weight is 291 g/mol. The molecule has 3 atom stereocenters. The van der Waals surface area contributed by atoms with Crippen LogP contribution in [0.25, 0.3) is 0 Å². The van der Waals surface area contributed by atoms with Crippen LogP contribution in [-0.4, -0.2) is 16.3 Å². The number of nitrogens with one attached hydrogen (secondary N) is 1. The molecular weight excluding hydrogens is 258 g/mol. The number of aryl methyl sites for hydroxylation is 2. The molecule has 1 aliphatic rings. The summed E-state index contributed by atoms with van der Waals surface area (Å²) in [4.78, 5) is 0. The van der Waals surface area contributed by atoms with Crippen molar-refractivity contribution < 1.29 is 0 Å². The third-order valence-electron chi connectivity index (χ3n) is 4.85. The molecular formula is C18H33N3. The minimum absolute atomic E-state index is 0.469. The first-order chi connectivity index (χ1) is 10.0. The summed E-state index contributed by atoms with van der Waals surface area (Å²) in [5, 5.41) is 8.49. The van der Waals surface area contributed by atoms with Gasteiger partial charge in [-0.15, -0.1) is 0 Å². The van der Waals surface area contributed by atoms with Crippen molar-refractivity contribution in [1.29, 1.82) is 0 Å². The fourth-order valence-corrected chi connectivity index (χ4v) is 4.16. The van der Waals surface area contributed by atoms with E-state index in [0.717, 1.165) is 36.5 Å². The number of nitrogens with zero attached hydrogens (tertiary/aromatic N) is 2. The van der Waals surface area contributed by atoms with Crippen LogP contribution >= 0.6 is 0 Å². The van der Waals surface area contributed by atoms with E-state index in [1.54, 1.807) is 0 Å².